The number of hydrogen-bond donors (Lipinski definition) is 1. The van der Waals surface area contributed by atoms with Crippen LogP contribution < -0.4 is 6.15 Å². The second-order valence-electron chi connectivity index (χ2n) is 2.16. The number of esters is 2. The summed E-state index contributed by atoms with van der Waals surface area (Å²) in [5, 5.41) is 0. The normalized spacial score (nSPS) is 30.0. The first kappa shape index (κ1) is 9.90. The van der Waals surface area contributed by atoms with E-state index in [1.54, 1.807) is 0 Å². The smallest absolute Gasteiger partial charge is 0.347 e. The van der Waals surface area contributed by atoms with Crippen molar-refractivity contribution in [2.75, 3.05) is 0 Å². The van der Waals surface area contributed by atoms with Gasteiger partial charge in [-0.2, -0.15) is 0 Å². The lowest BCUT2D eigenvalue weighted by atomic mass is 10.3. The molecule has 3 N–H and O–H groups in total. The minimum absolute atomic E-state index is 0. The summed E-state index contributed by atoms with van der Waals surface area (Å²) >= 11 is 0. The Morgan fingerprint density at radius 3 is 1.55 bits per heavy atom. The zero-order valence-electron chi connectivity index (χ0n) is 6.49. The van der Waals surface area contributed by atoms with Crippen molar-refractivity contribution in [2.24, 2.45) is 0 Å². The van der Waals surface area contributed by atoms with Crippen LogP contribution in [0.2, 0.25) is 0 Å². The monoisotopic (exact) mass is 161 g/mol. The summed E-state index contributed by atoms with van der Waals surface area (Å²) in [6, 6.07) is 0. The van der Waals surface area contributed by atoms with E-state index < -0.39 is 24.1 Å². The molecule has 1 saturated heterocycles. The van der Waals surface area contributed by atoms with Gasteiger partial charge in [0.25, 0.3) is 0 Å². The Morgan fingerprint density at radius 1 is 1.00 bits per heavy atom. The Kier molecular flexibility index (Phi) is 3.00. The lowest BCUT2D eigenvalue weighted by Crippen LogP contribution is -2.40. The molecular formula is C6H11NO4. The Morgan fingerprint density at radius 2 is 1.27 bits per heavy atom. The largest absolute Gasteiger partial charge is 0.448 e. The second-order valence-corrected chi connectivity index (χ2v) is 2.16. The lowest BCUT2D eigenvalue weighted by molar-refractivity contribution is -0.191. The van der Waals surface area contributed by atoms with Crippen molar-refractivity contribution in [3.63, 3.8) is 0 Å². The topological polar surface area (TPSA) is 87.6 Å². The van der Waals surface area contributed by atoms with E-state index in [0.717, 1.165) is 0 Å². The molecule has 0 aromatic carbocycles. The number of cyclic esters (lactones) is 2. The fourth-order valence-electron chi connectivity index (χ4n) is 0.636. The van der Waals surface area contributed by atoms with Crippen molar-refractivity contribution in [2.45, 2.75) is 26.1 Å². The van der Waals surface area contributed by atoms with E-state index in [4.69, 9.17) is 0 Å². The molecule has 1 rings (SSSR count). The van der Waals surface area contributed by atoms with Crippen LogP contribution in [0.25, 0.3) is 0 Å². The maximum atomic E-state index is 10.7. The Bertz CT molecular complexity index is 159. The summed E-state index contributed by atoms with van der Waals surface area (Å²) in [7, 11) is 0. The minimum Gasteiger partial charge on any atom is -0.448 e. The van der Waals surface area contributed by atoms with E-state index in [-0.39, 0.29) is 6.15 Å². The van der Waals surface area contributed by atoms with Gasteiger partial charge >= 0.3 is 11.9 Å². The van der Waals surface area contributed by atoms with Gasteiger partial charge in [0.05, 0.1) is 0 Å². The van der Waals surface area contributed by atoms with Crippen molar-refractivity contribution in [3.05, 3.63) is 0 Å². The van der Waals surface area contributed by atoms with Gasteiger partial charge in [0.2, 0.25) is 0 Å². The molecule has 0 aliphatic carbocycles. The third-order valence-corrected chi connectivity index (χ3v) is 1.25. The standard InChI is InChI=1S/C6H8O4.H3N/c1-3-5(7)10-4(2)6(8)9-3;/h3-4H,1-2H3;1H3. The van der Waals surface area contributed by atoms with Gasteiger partial charge in [-0.1, -0.05) is 0 Å². The molecule has 2 atom stereocenters. The van der Waals surface area contributed by atoms with Crippen LogP contribution in [0.15, 0.2) is 0 Å². The average molecular weight is 161 g/mol. The number of carbonyl (C=O) groups excluding carboxylic acids is 2. The molecule has 0 bridgehead atoms. The van der Waals surface area contributed by atoms with Crippen molar-refractivity contribution in [3.8, 4) is 0 Å². The Hall–Kier alpha value is -1.10. The highest BCUT2D eigenvalue weighted by Crippen LogP contribution is 2.08. The number of hydrogen-bond acceptors (Lipinski definition) is 5. The second kappa shape index (κ2) is 3.34. The van der Waals surface area contributed by atoms with Crippen LogP contribution in [0.4, 0.5) is 0 Å². The highest BCUT2D eigenvalue weighted by Gasteiger charge is 2.32. The molecule has 0 amide bonds. The van der Waals surface area contributed by atoms with Crippen LogP contribution in [-0.4, -0.2) is 24.1 Å². The first-order chi connectivity index (χ1) is 4.61. The van der Waals surface area contributed by atoms with Crippen molar-refractivity contribution < 1.29 is 19.1 Å². The molecule has 1 heterocycles. The predicted molar refractivity (Wildman–Crippen MR) is 36.1 cm³/mol. The average Bonchev–Trinajstić information content (AvgIpc) is 1.84. The maximum Gasteiger partial charge on any atom is 0.347 e. The molecule has 0 spiro atoms. The Balaban J connectivity index is 0.000001000. The summed E-state index contributed by atoms with van der Waals surface area (Å²) in [6.45, 7) is 2.96. The molecule has 64 valence electrons. The van der Waals surface area contributed by atoms with Gasteiger partial charge in [-0.3, -0.25) is 0 Å². The molecule has 0 saturated carbocycles. The SMILES string of the molecule is CC1OC(=O)C(C)OC1=O.N. The lowest BCUT2D eigenvalue weighted by Gasteiger charge is -2.22. The third-order valence-electron chi connectivity index (χ3n) is 1.25. The van der Waals surface area contributed by atoms with Crippen LogP contribution in [-0.2, 0) is 19.1 Å². The summed E-state index contributed by atoms with van der Waals surface area (Å²) in [4.78, 5) is 21.3. The van der Waals surface area contributed by atoms with E-state index in [0.29, 0.717) is 0 Å². The molecule has 1 aliphatic rings. The van der Waals surface area contributed by atoms with Crippen molar-refractivity contribution in [1.82, 2.24) is 6.15 Å². The molecule has 0 aromatic rings. The molecule has 5 heteroatoms. The highest BCUT2D eigenvalue weighted by atomic mass is 16.6. The van der Waals surface area contributed by atoms with Crippen LogP contribution >= 0.6 is 0 Å². The van der Waals surface area contributed by atoms with Crippen LogP contribution in [0.1, 0.15) is 13.8 Å². The van der Waals surface area contributed by atoms with Crippen LogP contribution in [0.3, 0.4) is 0 Å². The van der Waals surface area contributed by atoms with E-state index in [9.17, 15) is 9.59 Å². The summed E-state index contributed by atoms with van der Waals surface area (Å²) in [5.74, 6) is -0.959. The van der Waals surface area contributed by atoms with Gasteiger partial charge in [-0.25, -0.2) is 9.59 Å². The molecule has 2 unspecified atom stereocenters. The van der Waals surface area contributed by atoms with Gasteiger partial charge in [0, 0.05) is 0 Å². The number of rotatable bonds is 0. The molecule has 11 heavy (non-hydrogen) atoms. The van der Waals surface area contributed by atoms with Gasteiger partial charge in [-0.05, 0) is 13.8 Å². The first-order valence-corrected chi connectivity index (χ1v) is 3.02. The minimum atomic E-state index is -0.747. The van der Waals surface area contributed by atoms with Gasteiger partial charge < -0.3 is 15.6 Å². The Labute approximate surface area is 64.2 Å². The fraction of sp³-hybridized carbons (Fsp3) is 0.667. The molecule has 5 nitrogen and oxygen atoms in total. The van der Waals surface area contributed by atoms with Crippen molar-refractivity contribution in [1.29, 1.82) is 0 Å². The molecule has 1 fully saturated rings. The van der Waals surface area contributed by atoms with Gasteiger partial charge in [-0.15, -0.1) is 0 Å². The molecule has 0 radical (unpaired) electrons. The van der Waals surface area contributed by atoms with E-state index >= 15 is 0 Å². The maximum absolute atomic E-state index is 10.7. The van der Waals surface area contributed by atoms with Gasteiger partial charge in [0.15, 0.2) is 12.2 Å². The zero-order valence-corrected chi connectivity index (χ0v) is 6.49. The summed E-state index contributed by atoms with van der Waals surface area (Å²) in [6.07, 6.45) is -1.49. The van der Waals surface area contributed by atoms with Crippen molar-refractivity contribution >= 4 is 11.9 Å². The predicted octanol–water partition coefficient (Wildman–Crippen LogP) is 0.0254. The summed E-state index contributed by atoms with van der Waals surface area (Å²) < 4.78 is 9.19. The van der Waals surface area contributed by atoms with E-state index in [1.165, 1.54) is 13.8 Å². The molecular weight excluding hydrogens is 150 g/mol. The van der Waals surface area contributed by atoms with E-state index in [2.05, 4.69) is 9.47 Å². The molecule has 1 aliphatic heterocycles. The summed E-state index contributed by atoms with van der Waals surface area (Å²) in [5.41, 5.74) is 0. The quantitative estimate of drug-likeness (QED) is 0.506. The van der Waals surface area contributed by atoms with Crippen LogP contribution in [0, 0.1) is 0 Å². The fourth-order valence-corrected chi connectivity index (χ4v) is 0.636. The number of carbonyl (C=O) groups is 2. The number of ether oxygens (including phenoxy) is 2. The van der Waals surface area contributed by atoms with E-state index in [1.807, 2.05) is 0 Å². The zero-order chi connectivity index (χ0) is 7.72. The van der Waals surface area contributed by atoms with Crippen LogP contribution in [0.5, 0.6) is 0 Å². The van der Waals surface area contributed by atoms with Gasteiger partial charge in [0.1, 0.15) is 0 Å². The first-order valence-electron chi connectivity index (χ1n) is 3.02. The highest BCUT2D eigenvalue weighted by molar-refractivity contribution is 5.86. The molecule has 0 aromatic heterocycles. The third kappa shape index (κ3) is 1.91.